The maximum Gasteiger partial charge on any atom is 0.236 e. The van der Waals surface area contributed by atoms with Crippen molar-refractivity contribution in [3.05, 3.63) is 24.3 Å². The summed E-state index contributed by atoms with van der Waals surface area (Å²) >= 11 is 0. The van der Waals surface area contributed by atoms with E-state index in [0.29, 0.717) is 18.0 Å². The van der Waals surface area contributed by atoms with Crippen LogP contribution < -0.4 is 15.8 Å². The fourth-order valence-electron chi connectivity index (χ4n) is 1.46. The van der Waals surface area contributed by atoms with Gasteiger partial charge in [0.15, 0.2) is 0 Å². The summed E-state index contributed by atoms with van der Waals surface area (Å²) in [6.45, 7) is 2.39. The Bertz CT molecular complexity index is 434. The molecule has 0 heterocycles. The van der Waals surface area contributed by atoms with Crippen LogP contribution >= 0.6 is 0 Å². The molecule has 0 bridgehead atoms. The van der Waals surface area contributed by atoms with E-state index in [4.69, 9.17) is 10.5 Å². The van der Waals surface area contributed by atoms with Gasteiger partial charge in [0.2, 0.25) is 5.91 Å². The van der Waals surface area contributed by atoms with Crippen LogP contribution in [0.3, 0.4) is 0 Å². The van der Waals surface area contributed by atoms with Crippen molar-refractivity contribution in [3.8, 4) is 5.75 Å². The molecule has 1 rings (SSSR count). The van der Waals surface area contributed by atoms with Crippen molar-refractivity contribution >= 4 is 22.4 Å². The number of hydrogen-bond donors (Lipinski definition) is 2. The minimum Gasteiger partial charge on any atom is -0.497 e. The third kappa shape index (κ3) is 5.85. The van der Waals surface area contributed by atoms with Crippen molar-refractivity contribution in [2.45, 2.75) is 6.92 Å². The zero-order chi connectivity index (χ0) is 14.3. The van der Waals surface area contributed by atoms with Crippen LogP contribution in [0.2, 0.25) is 0 Å². The first kappa shape index (κ1) is 15.7. The molecule has 19 heavy (non-hydrogen) atoms. The number of amides is 1. The van der Waals surface area contributed by atoms with Crippen LogP contribution in [0, 0.1) is 5.92 Å². The molecule has 0 aliphatic carbocycles. The van der Waals surface area contributed by atoms with Gasteiger partial charge in [0, 0.05) is 22.2 Å². The van der Waals surface area contributed by atoms with E-state index < -0.39 is 10.8 Å². The lowest BCUT2D eigenvalue weighted by Gasteiger charge is -2.09. The number of benzene rings is 1. The summed E-state index contributed by atoms with van der Waals surface area (Å²) < 4.78 is 16.7. The fraction of sp³-hybridized carbons (Fsp3) is 0.462. The molecule has 0 radical (unpaired) electrons. The summed E-state index contributed by atoms with van der Waals surface area (Å²) in [5.41, 5.74) is 6.12. The van der Waals surface area contributed by atoms with Crippen LogP contribution in [0.15, 0.2) is 24.3 Å². The second-order valence-electron chi connectivity index (χ2n) is 4.37. The number of carbonyl (C=O) groups excluding carboxylic acids is 1. The molecule has 1 aromatic carbocycles. The van der Waals surface area contributed by atoms with Gasteiger partial charge < -0.3 is 15.8 Å². The molecule has 3 N–H and O–H groups in total. The van der Waals surface area contributed by atoms with Gasteiger partial charge in [-0.05, 0) is 36.7 Å². The highest BCUT2D eigenvalue weighted by molar-refractivity contribution is 7.85. The fourth-order valence-corrected chi connectivity index (χ4v) is 2.72. The summed E-state index contributed by atoms with van der Waals surface area (Å²) in [7, 11) is 0.402. The van der Waals surface area contributed by atoms with Gasteiger partial charge in [0.05, 0.1) is 7.11 Å². The van der Waals surface area contributed by atoms with Crippen LogP contribution in [-0.4, -0.2) is 35.3 Å². The van der Waals surface area contributed by atoms with Gasteiger partial charge in [-0.3, -0.25) is 9.00 Å². The quantitative estimate of drug-likeness (QED) is 0.782. The highest BCUT2D eigenvalue weighted by atomic mass is 32.2. The number of nitrogens with two attached hydrogens (primary N) is 1. The van der Waals surface area contributed by atoms with E-state index in [1.165, 1.54) is 0 Å². The van der Waals surface area contributed by atoms with Gasteiger partial charge in [-0.1, -0.05) is 6.92 Å². The Morgan fingerprint density at radius 3 is 2.58 bits per heavy atom. The first-order chi connectivity index (χ1) is 9.05. The first-order valence-corrected chi connectivity index (χ1v) is 7.53. The second-order valence-corrected chi connectivity index (χ2v) is 5.87. The molecule has 0 spiro atoms. The summed E-state index contributed by atoms with van der Waals surface area (Å²) in [6, 6.07) is 6.98. The molecule has 2 atom stereocenters. The molecule has 1 amide bonds. The van der Waals surface area contributed by atoms with E-state index in [1.807, 2.05) is 6.92 Å². The maximum atomic E-state index is 11.7. The third-order valence-corrected chi connectivity index (χ3v) is 4.06. The van der Waals surface area contributed by atoms with Gasteiger partial charge in [0.1, 0.15) is 11.5 Å². The molecular weight excluding hydrogens is 264 g/mol. The largest absolute Gasteiger partial charge is 0.497 e. The Labute approximate surface area is 116 Å². The molecule has 106 valence electrons. The topological polar surface area (TPSA) is 81.4 Å². The smallest absolute Gasteiger partial charge is 0.236 e. The number of hydrogen-bond acceptors (Lipinski definition) is 4. The Kier molecular flexibility index (Phi) is 6.52. The normalized spacial score (nSPS) is 13.6. The number of nitrogens with one attached hydrogen (secondary N) is 1. The molecule has 6 heteroatoms. The zero-order valence-corrected chi connectivity index (χ0v) is 12.0. The Balaban J connectivity index is 2.43. The van der Waals surface area contributed by atoms with Crippen molar-refractivity contribution in [2.75, 3.05) is 30.5 Å². The van der Waals surface area contributed by atoms with Gasteiger partial charge in [-0.25, -0.2) is 0 Å². The predicted octanol–water partition coefficient (Wildman–Crippen LogP) is 0.977. The van der Waals surface area contributed by atoms with Crippen molar-refractivity contribution < 1.29 is 13.7 Å². The molecule has 0 saturated heterocycles. The number of carbonyl (C=O) groups is 1. The van der Waals surface area contributed by atoms with Crippen molar-refractivity contribution in [1.29, 1.82) is 0 Å². The molecule has 0 fully saturated rings. The van der Waals surface area contributed by atoms with E-state index in [9.17, 15) is 9.00 Å². The second kappa shape index (κ2) is 7.91. The van der Waals surface area contributed by atoms with Crippen molar-refractivity contribution in [2.24, 2.45) is 11.7 Å². The predicted molar refractivity (Wildman–Crippen MR) is 77.7 cm³/mol. The van der Waals surface area contributed by atoms with E-state index in [0.717, 1.165) is 5.75 Å². The van der Waals surface area contributed by atoms with E-state index >= 15 is 0 Å². The van der Waals surface area contributed by atoms with Crippen LogP contribution in [0.4, 0.5) is 5.69 Å². The average Bonchev–Trinajstić information content (AvgIpc) is 2.39. The minimum atomic E-state index is -1.18. The Hall–Kier alpha value is -1.40. The molecule has 5 nitrogen and oxygen atoms in total. The maximum absolute atomic E-state index is 11.7. The average molecular weight is 284 g/mol. The van der Waals surface area contributed by atoms with Gasteiger partial charge >= 0.3 is 0 Å². The van der Waals surface area contributed by atoms with Gasteiger partial charge in [-0.15, -0.1) is 0 Å². The Morgan fingerprint density at radius 2 is 2.05 bits per heavy atom. The monoisotopic (exact) mass is 284 g/mol. The Morgan fingerprint density at radius 1 is 1.42 bits per heavy atom. The van der Waals surface area contributed by atoms with Crippen molar-refractivity contribution in [1.82, 2.24) is 0 Å². The molecule has 1 aromatic rings. The van der Waals surface area contributed by atoms with E-state index in [1.54, 1.807) is 31.4 Å². The van der Waals surface area contributed by atoms with E-state index in [2.05, 4.69) is 5.32 Å². The molecule has 0 aromatic heterocycles. The summed E-state index contributed by atoms with van der Waals surface area (Å²) in [4.78, 5) is 11.7. The van der Waals surface area contributed by atoms with Crippen molar-refractivity contribution in [3.63, 3.8) is 0 Å². The molecular formula is C13H20N2O3S. The number of methoxy groups -OCH3 is 1. The summed E-state index contributed by atoms with van der Waals surface area (Å²) in [5, 5.41) is 2.70. The molecule has 2 unspecified atom stereocenters. The highest BCUT2D eigenvalue weighted by Crippen LogP contribution is 2.14. The number of rotatable bonds is 7. The molecule has 0 aliphatic heterocycles. The number of ether oxygens (including phenoxy) is 1. The lowest BCUT2D eigenvalue weighted by Crippen LogP contribution is -2.25. The molecule has 0 aliphatic rings. The van der Waals surface area contributed by atoms with Crippen LogP contribution in [0.5, 0.6) is 5.75 Å². The highest BCUT2D eigenvalue weighted by Gasteiger charge is 2.11. The first-order valence-electron chi connectivity index (χ1n) is 6.04. The van der Waals surface area contributed by atoms with Gasteiger partial charge in [0.25, 0.3) is 0 Å². The van der Waals surface area contributed by atoms with Crippen LogP contribution in [-0.2, 0) is 15.6 Å². The zero-order valence-electron chi connectivity index (χ0n) is 11.2. The lowest BCUT2D eigenvalue weighted by molar-refractivity contribution is -0.113. The summed E-state index contributed by atoms with van der Waals surface area (Å²) in [6.07, 6.45) is 0. The minimum absolute atomic E-state index is 0.00360. The van der Waals surface area contributed by atoms with Crippen LogP contribution in [0.25, 0.3) is 0 Å². The molecule has 0 saturated carbocycles. The summed E-state index contributed by atoms with van der Waals surface area (Å²) in [5.74, 6) is 1.07. The van der Waals surface area contributed by atoms with E-state index in [-0.39, 0.29) is 17.6 Å². The SMILES string of the molecule is COc1ccc(NC(=O)CS(=O)CC(C)CN)cc1. The van der Waals surface area contributed by atoms with Gasteiger partial charge in [-0.2, -0.15) is 0 Å². The number of anilines is 1. The third-order valence-electron chi connectivity index (χ3n) is 2.54. The van der Waals surface area contributed by atoms with Crippen LogP contribution in [0.1, 0.15) is 6.92 Å². The standard InChI is InChI=1S/C13H20N2O3S/c1-10(7-14)8-19(17)9-13(16)15-11-3-5-12(18-2)6-4-11/h3-6,10H,7-9,14H2,1-2H3,(H,15,16). The lowest BCUT2D eigenvalue weighted by atomic mass is 10.2.